The van der Waals surface area contributed by atoms with Crippen LogP contribution < -0.4 is 5.43 Å². The molecule has 2 aliphatic rings. The molecule has 1 aliphatic heterocycles. The fourth-order valence-corrected chi connectivity index (χ4v) is 3.96. The first kappa shape index (κ1) is 14.2. The third-order valence-corrected chi connectivity index (χ3v) is 6.01. The second kappa shape index (κ2) is 4.34. The Labute approximate surface area is 135 Å². The Hall–Kier alpha value is -2.36. The quantitative estimate of drug-likeness (QED) is 0.816. The number of para-hydroxylation sites is 1. The van der Waals surface area contributed by atoms with Gasteiger partial charge < -0.3 is 4.98 Å². The summed E-state index contributed by atoms with van der Waals surface area (Å²) in [5, 5.41) is 5.47. The van der Waals surface area contributed by atoms with E-state index in [1.807, 2.05) is 30.5 Å². The van der Waals surface area contributed by atoms with Gasteiger partial charge in [0.1, 0.15) is 0 Å². The fourth-order valence-electron chi connectivity index (χ4n) is 3.96. The number of nitrogens with zero attached hydrogens (tertiary/aromatic N) is 1. The maximum absolute atomic E-state index is 12.3. The number of hydrazone groups is 1. The van der Waals surface area contributed by atoms with E-state index < -0.39 is 0 Å². The van der Waals surface area contributed by atoms with Crippen molar-refractivity contribution in [1.82, 2.24) is 10.4 Å². The van der Waals surface area contributed by atoms with E-state index in [2.05, 4.69) is 49.3 Å². The van der Waals surface area contributed by atoms with E-state index in [4.69, 9.17) is 0 Å². The maximum Gasteiger partial charge on any atom is 0.273 e. The SMILES string of the molecule is CC1(C)C(C2=NNC(=O)C2=Cc2c[nH]c3ccccc23)C1(C)C. The minimum Gasteiger partial charge on any atom is -0.361 e. The Bertz CT molecular complexity index is 869. The first-order valence-corrected chi connectivity index (χ1v) is 8.00. The van der Waals surface area contributed by atoms with Crippen molar-refractivity contribution in [3.8, 4) is 0 Å². The average Bonchev–Trinajstić information content (AvgIpc) is 2.88. The van der Waals surface area contributed by atoms with Crippen molar-refractivity contribution in [2.24, 2.45) is 21.8 Å². The van der Waals surface area contributed by atoms with Crippen molar-refractivity contribution in [3.05, 3.63) is 41.6 Å². The summed E-state index contributed by atoms with van der Waals surface area (Å²) in [6, 6.07) is 8.11. The van der Waals surface area contributed by atoms with E-state index in [9.17, 15) is 4.79 Å². The van der Waals surface area contributed by atoms with Gasteiger partial charge in [0.05, 0.1) is 11.3 Å². The van der Waals surface area contributed by atoms with Crippen LogP contribution in [0, 0.1) is 16.7 Å². The number of rotatable bonds is 2. The first-order chi connectivity index (χ1) is 10.8. The Balaban J connectivity index is 1.78. The topological polar surface area (TPSA) is 57.2 Å². The predicted octanol–water partition coefficient (Wildman–Crippen LogP) is 3.72. The summed E-state index contributed by atoms with van der Waals surface area (Å²) in [4.78, 5) is 15.6. The van der Waals surface area contributed by atoms with E-state index in [-0.39, 0.29) is 16.7 Å². The summed E-state index contributed by atoms with van der Waals surface area (Å²) >= 11 is 0. The van der Waals surface area contributed by atoms with Gasteiger partial charge in [-0.2, -0.15) is 5.10 Å². The summed E-state index contributed by atoms with van der Waals surface area (Å²) in [6.45, 7) is 8.97. The van der Waals surface area contributed by atoms with Crippen LogP contribution in [0.3, 0.4) is 0 Å². The largest absolute Gasteiger partial charge is 0.361 e. The molecule has 0 radical (unpaired) electrons. The highest BCUT2D eigenvalue weighted by Crippen LogP contribution is 2.69. The average molecular weight is 307 g/mol. The number of amides is 1. The van der Waals surface area contributed by atoms with Crippen molar-refractivity contribution < 1.29 is 4.79 Å². The second-order valence-corrected chi connectivity index (χ2v) is 7.66. The molecular formula is C19H21N3O. The van der Waals surface area contributed by atoms with Crippen LogP contribution in [0.5, 0.6) is 0 Å². The number of hydrogen-bond acceptors (Lipinski definition) is 2. The third-order valence-electron chi connectivity index (χ3n) is 6.01. The molecule has 4 nitrogen and oxygen atoms in total. The van der Waals surface area contributed by atoms with Crippen molar-refractivity contribution in [2.45, 2.75) is 27.7 Å². The highest BCUT2D eigenvalue weighted by Gasteiger charge is 2.67. The fraction of sp³-hybridized carbons (Fsp3) is 0.368. The summed E-state index contributed by atoms with van der Waals surface area (Å²) < 4.78 is 0. The maximum atomic E-state index is 12.3. The molecule has 1 aromatic heterocycles. The van der Waals surface area contributed by atoms with Crippen LogP contribution in [0.4, 0.5) is 0 Å². The molecule has 4 rings (SSSR count). The molecule has 0 saturated heterocycles. The van der Waals surface area contributed by atoms with Crippen LogP contribution in [-0.4, -0.2) is 16.6 Å². The van der Waals surface area contributed by atoms with Gasteiger partial charge in [0.2, 0.25) is 0 Å². The van der Waals surface area contributed by atoms with Crippen LogP contribution in [0.25, 0.3) is 17.0 Å². The summed E-state index contributed by atoms with van der Waals surface area (Å²) in [6.07, 6.45) is 3.91. The summed E-state index contributed by atoms with van der Waals surface area (Å²) in [5.74, 6) is 0.189. The van der Waals surface area contributed by atoms with Crippen LogP contribution in [0.2, 0.25) is 0 Å². The number of H-pyrrole nitrogens is 1. The van der Waals surface area contributed by atoms with Gasteiger partial charge in [-0.05, 0) is 23.0 Å². The molecule has 0 bridgehead atoms. The van der Waals surface area contributed by atoms with Crippen LogP contribution in [0.1, 0.15) is 33.3 Å². The molecule has 4 heteroatoms. The zero-order chi connectivity index (χ0) is 16.4. The molecule has 2 N–H and O–H groups in total. The molecule has 0 spiro atoms. The van der Waals surface area contributed by atoms with E-state index in [0.717, 1.165) is 22.2 Å². The van der Waals surface area contributed by atoms with E-state index >= 15 is 0 Å². The normalized spacial score (nSPS) is 24.1. The molecule has 2 aromatic rings. The van der Waals surface area contributed by atoms with Crippen LogP contribution >= 0.6 is 0 Å². The van der Waals surface area contributed by atoms with Gasteiger partial charge in [-0.25, -0.2) is 5.43 Å². The summed E-state index contributed by atoms with van der Waals surface area (Å²) in [7, 11) is 0. The lowest BCUT2D eigenvalue weighted by molar-refractivity contribution is -0.116. The molecule has 1 amide bonds. The molecule has 118 valence electrons. The van der Waals surface area contributed by atoms with Crippen LogP contribution in [0.15, 0.2) is 41.1 Å². The first-order valence-electron chi connectivity index (χ1n) is 8.00. The lowest BCUT2D eigenvalue weighted by Gasteiger charge is -2.03. The number of nitrogens with one attached hydrogen (secondary N) is 2. The van der Waals surface area contributed by atoms with Gasteiger partial charge in [-0.3, -0.25) is 4.79 Å². The Morgan fingerprint density at radius 3 is 2.52 bits per heavy atom. The van der Waals surface area contributed by atoms with Gasteiger partial charge >= 0.3 is 0 Å². The highest BCUT2D eigenvalue weighted by atomic mass is 16.2. The smallest absolute Gasteiger partial charge is 0.273 e. The molecular weight excluding hydrogens is 286 g/mol. The number of fused-ring (bicyclic) bond motifs is 1. The number of carbonyl (C=O) groups is 1. The Kier molecular flexibility index (Phi) is 2.69. The highest BCUT2D eigenvalue weighted by molar-refractivity contribution is 6.29. The lowest BCUT2D eigenvalue weighted by Crippen LogP contribution is -2.15. The second-order valence-electron chi connectivity index (χ2n) is 7.66. The standard InChI is InChI=1S/C19H21N3O/c1-18(2)16(19(18,3)4)15-13(17(23)22-21-15)9-11-10-20-14-8-6-5-7-12(11)14/h5-10,16,20H,1-4H3,(H,22,23). The molecule has 23 heavy (non-hydrogen) atoms. The molecule has 1 fully saturated rings. The molecule has 1 aromatic carbocycles. The molecule has 0 unspecified atom stereocenters. The van der Waals surface area contributed by atoms with Crippen molar-refractivity contribution in [2.75, 3.05) is 0 Å². The number of aromatic nitrogens is 1. The molecule has 2 heterocycles. The van der Waals surface area contributed by atoms with Gasteiger partial charge in [0.15, 0.2) is 0 Å². The van der Waals surface area contributed by atoms with Gasteiger partial charge in [0.25, 0.3) is 5.91 Å². The van der Waals surface area contributed by atoms with Crippen molar-refractivity contribution >= 4 is 28.6 Å². The van der Waals surface area contributed by atoms with E-state index in [0.29, 0.717) is 11.5 Å². The lowest BCUT2D eigenvalue weighted by atomic mass is 9.98. The van der Waals surface area contributed by atoms with Gasteiger partial charge in [-0.15, -0.1) is 0 Å². The van der Waals surface area contributed by atoms with Crippen molar-refractivity contribution in [1.29, 1.82) is 0 Å². The summed E-state index contributed by atoms with van der Waals surface area (Å²) in [5.41, 5.74) is 6.64. The third kappa shape index (κ3) is 1.84. The molecule has 1 aliphatic carbocycles. The minimum absolute atomic E-state index is 0.108. The molecule has 1 saturated carbocycles. The van der Waals surface area contributed by atoms with Crippen LogP contribution in [-0.2, 0) is 4.79 Å². The number of aromatic amines is 1. The Morgan fingerprint density at radius 2 is 1.83 bits per heavy atom. The zero-order valence-corrected chi connectivity index (χ0v) is 13.9. The number of hydrogen-bond donors (Lipinski definition) is 2. The van der Waals surface area contributed by atoms with Crippen molar-refractivity contribution in [3.63, 3.8) is 0 Å². The molecule has 0 atom stereocenters. The van der Waals surface area contributed by atoms with E-state index in [1.165, 1.54) is 0 Å². The number of benzene rings is 1. The van der Waals surface area contributed by atoms with Gasteiger partial charge in [0, 0.05) is 28.6 Å². The zero-order valence-electron chi connectivity index (χ0n) is 13.9. The van der Waals surface area contributed by atoms with Gasteiger partial charge in [-0.1, -0.05) is 45.9 Å². The van der Waals surface area contributed by atoms with E-state index in [1.54, 1.807) is 0 Å². The minimum atomic E-state index is -0.108. The monoisotopic (exact) mass is 307 g/mol. The Morgan fingerprint density at radius 1 is 1.13 bits per heavy atom. The predicted molar refractivity (Wildman–Crippen MR) is 92.9 cm³/mol. The number of carbonyl (C=O) groups excluding carboxylic acids is 1.